The van der Waals surface area contributed by atoms with Crippen LogP contribution in [-0.2, 0) is 16.6 Å². The van der Waals surface area contributed by atoms with Gasteiger partial charge in [0.2, 0.25) is 0 Å². The average molecular weight is 419 g/mol. The third-order valence-electron chi connectivity index (χ3n) is 3.99. The summed E-state index contributed by atoms with van der Waals surface area (Å²) in [6.45, 7) is 2.48. The summed E-state index contributed by atoms with van der Waals surface area (Å²) in [5.41, 5.74) is 2.06. The number of para-hydroxylation sites is 1. The average Bonchev–Trinajstić information content (AvgIpc) is 3.28. The quantitative estimate of drug-likeness (QED) is 0.512. The lowest BCUT2D eigenvalue weighted by Gasteiger charge is -2.08. The highest BCUT2D eigenvalue weighted by molar-refractivity contribution is 7.92. The molecule has 0 atom stereocenters. The van der Waals surface area contributed by atoms with Crippen molar-refractivity contribution in [1.82, 2.24) is 14.8 Å². The highest BCUT2D eigenvalue weighted by Crippen LogP contribution is 2.35. The van der Waals surface area contributed by atoms with Gasteiger partial charge in [0, 0.05) is 18.3 Å². The van der Waals surface area contributed by atoms with E-state index in [4.69, 9.17) is 11.6 Å². The molecule has 2 aromatic carbocycles. The molecule has 0 fully saturated rings. The number of nitrogens with zero attached hydrogens (tertiary/aromatic N) is 3. The summed E-state index contributed by atoms with van der Waals surface area (Å²) in [7, 11) is -3.72. The first kappa shape index (κ1) is 18.0. The Morgan fingerprint density at radius 2 is 2.04 bits per heavy atom. The molecule has 2 aromatic heterocycles. The molecular formula is C18H15ClN4O2S2. The van der Waals surface area contributed by atoms with Gasteiger partial charge >= 0.3 is 0 Å². The van der Waals surface area contributed by atoms with Crippen LogP contribution < -0.4 is 4.72 Å². The van der Waals surface area contributed by atoms with Crippen LogP contribution in [0.4, 0.5) is 5.69 Å². The van der Waals surface area contributed by atoms with Crippen molar-refractivity contribution >= 4 is 48.9 Å². The van der Waals surface area contributed by atoms with Crippen molar-refractivity contribution in [2.24, 2.45) is 0 Å². The van der Waals surface area contributed by atoms with Gasteiger partial charge in [-0.3, -0.25) is 9.40 Å². The lowest BCUT2D eigenvalue weighted by molar-refractivity contribution is 0.600. The summed E-state index contributed by atoms with van der Waals surface area (Å²) in [5.74, 6) is 0. The number of rotatable bonds is 5. The number of hydrogen-bond donors (Lipinski definition) is 1. The first-order chi connectivity index (χ1) is 13.0. The number of anilines is 1. The number of thiazole rings is 1. The fourth-order valence-electron chi connectivity index (χ4n) is 2.61. The van der Waals surface area contributed by atoms with Gasteiger partial charge < -0.3 is 0 Å². The number of sulfonamides is 1. The number of aryl methyl sites for hydroxylation is 1. The van der Waals surface area contributed by atoms with E-state index in [9.17, 15) is 8.42 Å². The Labute approximate surface area is 165 Å². The topological polar surface area (TPSA) is 76.9 Å². The first-order valence-electron chi connectivity index (χ1n) is 8.17. The first-order valence-corrected chi connectivity index (χ1v) is 10.8. The molecule has 0 bridgehead atoms. The normalized spacial score (nSPS) is 11.8. The lowest BCUT2D eigenvalue weighted by atomic mass is 10.2. The predicted molar refractivity (Wildman–Crippen MR) is 109 cm³/mol. The van der Waals surface area contributed by atoms with Gasteiger partial charge in [-0.05, 0) is 37.3 Å². The number of benzene rings is 2. The van der Waals surface area contributed by atoms with E-state index in [1.54, 1.807) is 34.2 Å². The lowest BCUT2D eigenvalue weighted by Crippen LogP contribution is -2.12. The van der Waals surface area contributed by atoms with Crippen molar-refractivity contribution < 1.29 is 8.42 Å². The molecular weight excluding hydrogens is 404 g/mol. The minimum atomic E-state index is -3.72. The Kier molecular flexibility index (Phi) is 4.63. The zero-order valence-corrected chi connectivity index (χ0v) is 16.6. The number of nitrogens with one attached hydrogen (secondary N) is 1. The van der Waals surface area contributed by atoms with Gasteiger partial charge in [-0.2, -0.15) is 5.10 Å². The molecule has 27 heavy (non-hydrogen) atoms. The van der Waals surface area contributed by atoms with E-state index in [1.807, 2.05) is 31.2 Å². The Hall–Kier alpha value is -2.42. The van der Waals surface area contributed by atoms with Crippen molar-refractivity contribution in [3.8, 4) is 10.6 Å². The maximum Gasteiger partial charge on any atom is 0.265 e. The molecule has 6 nitrogen and oxygen atoms in total. The molecule has 1 N–H and O–H groups in total. The standard InChI is InChI=1S/C18H15ClN4O2S2/c1-2-23-11-13(10-20-23)27(24,25)22-12-7-8-14(15(19)9-12)18-21-16-5-3-4-6-17(16)26-18/h3-11,22H,2H2,1H3. The summed E-state index contributed by atoms with van der Waals surface area (Å²) in [4.78, 5) is 4.70. The Morgan fingerprint density at radius 1 is 1.22 bits per heavy atom. The zero-order chi connectivity index (χ0) is 19.0. The molecule has 0 saturated carbocycles. The monoisotopic (exact) mass is 418 g/mol. The maximum absolute atomic E-state index is 12.5. The second-order valence-electron chi connectivity index (χ2n) is 5.82. The van der Waals surface area contributed by atoms with Crippen LogP contribution in [0.5, 0.6) is 0 Å². The molecule has 138 valence electrons. The van der Waals surface area contributed by atoms with E-state index in [1.165, 1.54) is 12.4 Å². The van der Waals surface area contributed by atoms with E-state index in [0.29, 0.717) is 17.3 Å². The Bertz CT molecular complexity index is 1200. The van der Waals surface area contributed by atoms with Gasteiger partial charge in [0.25, 0.3) is 10.0 Å². The van der Waals surface area contributed by atoms with Crippen LogP contribution in [0, 0.1) is 0 Å². The van der Waals surface area contributed by atoms with Gasteiger partial charge in [-0.15, -0.1) is 11.3 Å². The molecule has 0 radical (unpaired) electrons. The van der Waals surface area contributed by atoms with Crippen LogP contribution in [0.2, 0.25) is 5.02 Å². The van der Waals surface area contributed by atoms with E-state index in [-0.39, 0.29) is 4.90 Å². The van der Waals surface area contributed by atoms with Crippen LogP contribution in [-0.4, -0.2) is 23.2 Å². The van der Waals surface area contributed by atoms with Crippen LogP contribution in [0.25, 0.3) is 20.8 Å². The van der Waals surface area contributed by atoms with E-state index in [2.05, 4.69) is 14.8 Å². The smallest absolute Gasteiger partial charge is 0.265 e. The highest BCUT2D eigenvalue weighted by Gasteiger charge is 2.18. The third kappa shape index (κ3) is 3.55. The molecule has 0 aliphatic carbocycles. The van der Waals surface area contributed by atoms with Crippen LogP contribution in [0.15, 0.2) is 59.8 Å². The number of fused-ring (bicyclic) bond motifs is 1. The van der Waals surface area contributed by atoms with Crippen molar-refractivity contribution in [2.75, 3.05) is 4.72 Å². The third-order valence-corrected chi connectivity index (χ3v) is 6.71. The largest absolute Gasteiger partial charge is 0.279 e. The van der Waals surface area contributed by atoms with Gasteiger partial charge in [0.1, 0.15) is 9.90 Å². The number of aromatic nitrogens is 3. The van der Waals surface area contributed by atoms with E-state index >= 15 is 0 Å². The van der Waals surface area contributed by atoms with Gasteiger partial charge in [0.15, 0.2) is 0 Å². The molecule has 4 rings (SSSR count). The van der Waals surface area contributed by atoms with Crippen molar-refractivity contribution in [2.45, 2.75) is 18.4 Å². The van der Waals surface area contributed by atoms with Gasteiger partial charge in [-0.25, -0.2) is 13.4 Å². The van der Waals surface area contributed by atoms with E-state index in [0.717, 1.165) is 20.8 Å². The summed E-state index contributed by atoms with van der Waals surface area (Å²) >= 11 is 7.95. The zero-order valence-electron chi connectivity index (χ0n) is 14.3. The van der Waals surface area contributed by atoms with Gasteiger partial charge in [-0.1, -0.05) is 23.7 Å². The van der Waals surface area contributed by atoms with Gasteiger partial charge in [0.05, 0.1) is 27.1 Å². The minimum absolute atomic E-state index is 0.107. The molecule has 0 aliphatic rings. The minimum Gasteiger partial charge on any atom is -0.279 e. The number of halogens is 1. The fraction of sp³-hybridized carbons (Fsp3) is 0.111. The van der Waals surface area contributed by atoms with Crippen LogP contribution >= 0.6 is 22.9 Å². The van der Waals surface area contributed by atoms with E-state index < -0.39 is 10.0 Å². The molecule has 2 heterocycles. The maximum atomic E-state index is 12.5. The summed E-state index contributed by atoms with van der Waals surface area (Å²) in [6.07, 6.45) is 2.81. The molecule has 0 unspecified atom stereocenters. The van der Waals surface area contributed by atoms with Crippen molar-refractivity contribution in [3.63, 3.8) is 0 Å². The van der Waals surface area contributed by atoms with Crippen molar-refractivity contribution in [3.05, 3.63) is 59.9 Å². The van der Waals surface area contributed by atoms with Crippen LogP contribution in [0.1, 0.15) is 6.92 Å². The fourth-order valence-corrected chi connectivity index (χ4v) is 4.94. The molecule has 0 saturated heterocycles. The summed E-state index contributed by atoms with van der Waals surface area (Å²) in [5, 5.41) is 5.22. The second-order valence-corrected chi connectivity index (χ2v) is 8.94. The summed E-state index contributed by atoms with van der Waals surface area (Å²) in [6, 6.07) is 12.9. The summed E-state index contributed by atoms with van der Waals surface area (Å²) < 4.78 is 30.2. The molecule has 9 heteroatoms. The highest BCUT2D eigenvalue weighted by atomic mass is 35.5. The molecule has 0 aliphatic heterocycles. The second kappa shape index (κ2) is 6.95. The van der Waals surface area contributed by atoms with Crippen LogP contribution in [0.3, 0.4) is 0 Å². The SMILES string of the molecule is CCn1cc(S(=O)(=O)Nc2ccc(-c3nc4ccccc4s3)c(Cl)c2)cn1. The Balaban J connectivity index is 1.63. The molecule has 0 spiro atoms. The molecule has 0 amide bonds. The number of hydrogen-bond acceptors (Lipinski definition) is 5. The molecule has 4 aromatic rings. The van der Waals surface area contributed by atoms with Crippen molar-refractivity contribution in [1.29, 1.82) is 0 Å². The Morgan fingerprint density at radius 3 is 2.74 bits per heavy atom. The predicted octanol–water partition coefficient (Wildman–Crippen LogP) is 4.63.